The van der Waals surface area contributed by atoms with Crippen molar-refractivity contribution in [3.63, 3.8) is 0 Å². The van der Waals surface area contributed by atoms with E-state index >= 15 is 0 Å². The molecule has 1 rings (SSSR count). The quantitative estimate of drug-likeness (QED) is 0.304. The summed E-state index contributed by atoms with van der Waals surface area (Å²) in [7, 11) is 0. The highest BCUT2D eigenvalue weighted by Crippen LogP contribution is 2.19. The van der Waals surface area contributed by atoms with Gasteiger partial charge in [0.1, 0.15) is 5.84 Å². The second-order valence-electron chi connectivity index (χ2n) is 2.78. The summed E-state index contributed by atoms with van der Waals surface area (Å²) in [6.45, 7) is 1.90. The van der Waals surface area contributed by atoms with Gasteiger partial charge in [0.2, 0.25) is 5.91 Å². The summed E-state index contributed by atoms with van der Waals surface area (Å²) in [6.07, 6.45) is -0.105. The number of thiophene rings is 1. The van der Waals surface area contributed by atoms with Crippen LogP contribution in [0.3, 0.4) is 0 Å². The molecule has 0 bridgehead atoms. The maximum absolute atomic E-state index is 11.3. The zero-order valence-electron chi connectivity index (χ0n) is 7.65. The molecule has 14 heavy (non-hydrogen) atoms. The topological polar surface area (TPSA) is 87.7 Å². The van der Waals surface area contributed by atoms with Gasteiger partial charge in [-0.25, -0.2) is 0 Å². The van der Waals surface area contributed by atoms with Crippen molar-refractivity contribution in [2.75, 3.05) is 5.32 Å². The predicted molar refractivity (Wildman–Crippen MR) is 55.7 cm³/mol. The first-order valence-corrected chi connectivity index (χ1v) is 4.87. The molecule has 5 nitrogen and oxygen atoms in total. The molecule has 0 radical (unpaired) electrons. The number of oxime groups is 1. The standard InChI is InChI=1S/C8H11N3O2S/c1-5-3-14-4-6(5)10-8(12)2-7(9)11-13/h3-4,13H,2H2,1H3,(H2,9,11)(H,10,12). The van der Waals surface area contributed by atoms with Crippen molar-refractivity contribution in [1.29, 1.82) is 0 Å². The summed E-state index contributed by atoms with van der Waals surface area (Å²) >= 11 is 1.51. The van der Waals surface area contributed by atoms with E-state index in [2.05, 4.69) is 10.5 Å². The molecule has 0 fully saturated rings. The summed E-state index contributed by atoms with van der Waals surface area (Å²) in [5, 5.41) is 17.4. The Morgan fingerprint density at radius 2 is 2.43 bits per heavy atom. The molecule has 1 heterocycles. The number of rotatable bonds is 3. The lowest BCUT2D eigenvalue weighted by Crippen LogP contribution is -2.22. The van der Waals surface area contributed by atoms with Gasteiger partial charge in [-0.05, 0) is 17.9 Å². The Kier molecular flexibility index (Phi) is 3.47. The molecule has 76 valence electrons. The van der Waals surface area contributed by atoms with Crippen LogP contribution in [0.1, 0.15) is 12.0 Å². The van der Waals surface area contributed by atoms with Crippen LogP contribution in [0.4, 0.5) is 5.69 Å². The smallest absolute Gasteiger partial charge is 0.232 e. The first kappa shape index (κ1) is 10.5. The van der Waals surface area contributed by atoms with Crippen LogP contribution < -0.4 is 11.1 Å². The average molecular weight is 213 g/mol. The van der Waals surface area contributed by atoms with Crippen molar-refractivity contribution in [2.24, 2.45) is 10.9 Å². The molecule has 0 aliphatic carbocycles. The molecule has 0 aliphatic heterocycles. The van der Waals surface area contributed by atoms with Crippen molar-refractivity contribution in [1.82, 2.24) is 0 Å². The van der Waals surface area contributed by atoms with E-state index in [1.165, 1.54) is 11.3 Å². The minimum atomic E-state index is -0.290. The highest BCUT2D eigenvalue weighted by atomic mass is 32.1. The number of carbonyl (C=O) groups is 1. The lowest BCUT2D eigenvalue weighted by Gasteiger charge is -2.02. The van der Waals surface area contributed by atoms with Crippen LogP contribution in [0.15, 0.2) is 15.9 Å². The molecular weight excluding hydrogens is 202 g/mol. The molecule has 6 heteroatoms. The van der Waals surface area contributed by atoms with Crippen molar-refractivity contribution in [2.45, 2.75) is 13.3 Å². The number of amidine groups is 1. The predicted octanol–water partition coefficient (Wildman–Crippen LogP) is 1.13. The summed E-state index contributed by atoms with van der Waals surface area (Å²) in [5.74, 6) is -0.391. The van der Waals surface area contributed by atoms with Gasteiger partial charge in [0.05, 0.1) is 12.1 Å². The zero-order chi connectivity index (χ0) is 10.6. The van der Waals surface area contributed by atoms with E-state index in [4.69, 9.17) is 10.9 Å². The normalized spacial score (nSPS) is 11.4. The van der Waals surface area contributed by atoms with Crippen molar-refractivity contribution >= 4 is 28.8 Å². The van der Waals surface area contributed by atoms with E-state index < -0.39 is 0 Å². The third-order valence-electron chi connectivity index (χ3n) is 1.60. The SMILES string of the molecule is Cc1cscc1NC(=O)C/C(N)=N/O. The Balaban J connectivity index is 2.54. The number of hydrogen-bond donors (Lipinski definition) is 3. The minimum Gasteiger partial charge on any atom is -0.409 e. The number of nitrogens with one attached hydrogen (secondary N) is 1. The second-order valence-corrected chi connectivity index (χ2v) is 3.53. The third-order valence-corrected chi connectivity index (χ3v) is 2.46. The molecule has 0 saturated carbocycles. The Hall–Kier alpha value is -1.56. The zero-order valence-corrected chi connectivity index (χ0v) is 8.47. The van der Waals surface area contributed by atoms with Gasteiger partial charge in [-0.2, -0.15) is 0 Å². The molecule has 1 aromatic heterocycles. The van der Waals surface area contributed by atoms with Gasteiger partial charge in [0, 0.05) is 5.38 Å². The lowest BCUT2D eigenvalue weighted by atomic mass is 10.3. The van der Waals surface area contributed by atoms with Crippen LogP contribution >= 0.6 is 11.3 Å². The average Bonchev–Trinajstić information content (AvgIpc) is 2.51. The van der Waals surface area contributed by atoms with Crippen LogP contribution in [0.5, 0.6) is 0 Å². The van der Waals surface area contributed by atoms with Gasteiger partial charge < -0.3 is 16.3 Å². The van der Waals surface area contributed by atoms with E-state index in [-0.39, 0.29) is 18.2 Å². The monoisotopic (exact) mass is 213 g/mol. The summed E-state index contributed by atoms with van der Waals surface area (Å²) < 4.78 is 0. The van der Waals surface area contributed by atoms with Gasteiger partial charge in [0.25, 0.3) is 0 Å². The second kappa shape index (κ2) is 4.61. The van der Waals surface area contributed by atoms with Gasteiger partial charge in [-0.15, -0.1) is 11.3 Å². The van der Waals surface area contributed by atoms with Crippen LogP contribution in [-0.4, -0.2) is 17.0 Å². The molecule has 1 amide bonds. The number of carbonyl (C=O) groups excluding carboxylic acids is 1. The summed E-state index contributed by atoms with van der Waals surface area (Å²) in [4.78, 5) is 11.3. The van der Waals surface area contributed by atoms with Crippen LogP contribution in [0.25, 0.3) is 0 Å². The fraction of sp³-hybridized carbons (Fsp3) is 0.250. The Bertz CT molecular complexity index is 359. The fourth-order valence-corrected chi connectivity index (χ4v) is 1.66. The minimum absolute atomic E-state index is 0.101. The van der Waals surface area contributed by atoms with E-state index in [9.17, 15) is 4.79 Å². The van der Waals surface area contributed by atoms with Crippen LogP contribution in [0.2, 0.25) is 0 Å². The van der Waals surface area contributed by atoms with E-state index in [1.807, 2.05) is 17.7 Å². The van der Waals surface area contributed by atoms with Gasteiger partial charge in [-0.1, -0.05) is 5.16 Å². The molecule has 0 saturated heterocycles. The highest BCUT2D eigenvalue weighted by Gasteiger charge is 2.07. The van der Waals surface area contributed by atoms with Crippen molar-refractivity contribution in [3.05, 3.63) is 16.3 Å². The van der Waals surface area contributed by atoms with Crippen LogP contribution in [0, 0.1) is 6.92 Å². The summed E-state index contributed by atoms with van der Waals surface area (Å²) in [6, 6.07) is 0. The van der Waals surface area contributed by atoms with Crippen molar-refractivity contribution in [3.8, 4) is 0 Å². The largest absolute Gasteiger partial charge is 0.409 e. The van der Waals surface area contributed by atoms with Crippen molar-refractivity contribution < 1.29 is 10.0 Å². The van der Waals surface area contributed by atoms with E-state index in [0.717, 1.165) is 11.3 Å². The molecule has 0 aromatic carbocycles. The number of nitrogens with two attached hydrogens (primary N) is 1. The molecule has 0 atom stereocenters. The first-order chi connectivity index (χ1) is 6.63. The molecule has 0 spiro atoms. The van der Waals surface area contributed by atoms with Crippen LogP contribution in [-0.2, 0) is 4.79 Å². The van der Waals surface area contributed by atoms with Gasteiger partial charge in [0.15, 0.2) is 0 Å². The Morgan fingerprint density at radius 3 is 2.93 bits per heavy atom. The number of hydrogen-bond acceptors (Lipinski definition) is 4. The van der Waals surface area contributed by atoms with E-state index in [1.54, 1.807) is 0 Å². The molecule has 0 unspecified atom stereocenters. The highest BCUT2D eigenvalue weighted by molar-refractivity contribution is 7.08. The number of amides is 1. The molecule has 0 aliphatic rings. The molecular formula is C8H11N3O2S. The summed E-state index contributed by atoms with van der Waals surface area (Å²) in [5.41, 5.74) is 6.95. The van der Waals surface area contributed by atoms with E-state index in [0.29, 0.717) is 0 Å². The Labute approximate surface area is 85.2 Å². The van der Waals surface area contributed by atoms with Gasteiger partial charge in [-0.3, -0.25) is 4.79 Å². The third kappa shape index (κ3) is 2.74. The number of aryl methyl sites for hydroxylation is 1. The fourth-order valence-electron chi connectivity index (χ4n) is 0.883. The lowest BCUT2D eigenvalue weighted by molar-refractivity contribution is -0.115. The Morgan fingerprint density at radius 1 is 1.71 bits per heavy atom. The molecule has 1 aromatic rings. The number of nitrogens with zero attached hydrogens (tertiary/aromatic N) is 1. The number of anilines is 1. The molecule has 4 N–H and O–H groups in total. The first-order valence-electron chi connectivity index (χ1n) is 3.92. The maximum Gasteiger partial charge on any atom is 0.232 e. The maximum atomic E-state index is 11.3. The van der Waals surface area contributed by atoms with Gasteiger partial charge >= 0.3 is 0 Å².